The first-order valence-electron chi connectivity index (χ1n) is 11.7. The molecule has 0 radical (unpaired) electrons. The molecule has 0 bridgehead atoms. The summed E-state index contributed by atoms with van der Waals surface area (Å²) in [7, 11) is 0. The van der Waals surface area contributed by atoms with E-state index in [-0.39, 0.29) is 29.0 Å². The fourth-order valence-corrected chi connectivity index (χ4v) is 4.39. The van der Waals surface area contributed by atoms with Crippen LogP contribution in [0.2, 0.25) is 0 Å². The molecular weight excluding hydrogens is 545 g/mol. The van der Waals surface area contributed by atoms with Crippen molar-refractivity contribution in [2.45, 2.75) is 20.2 Å². The topological polar surface area (TPSA) is 125 Å². The van der Waals surface area contributed by atoms with Crippen LogP contribution in [-0.2, 0) is 4.79 Å². The van der Waals surface area contributed by atoms with Crippen LogP contribution in [-0.4, -0.2) is 51.7 Å². The van der Waals surface area contributed by atoms with Crippen LogP contribution in [0.4, 0.5) is 24.5 Å². The molecule has 1 aliphatic heterocycles. The van der Waals surface area contributed by atoms with E-state index in [1.54, 1.807) is 36.4 Å². The Morgan fingerprint density at radius 1 is 1.07 bits per heavy atom. The van der Waals surface area contributed by atoms with Crippen molar-refractivity contribution in [2.24, 2.45) is 25.8 Å². The Morgan fingerprint density at radius 2 is 1.73 bits per heavy atom. The molecule has 1 aliphatic rings. The number of halogens is 3. The number of aliphatic imine (C=N–C) groups is 3. The Bertz CT molecular complexity index is 1490. The fourth-order valence-electron chi connectivity index (χ4n) is 3.58. The van der Waals surface area contributed by atoms with Crippen LogP contribution >= 0.6 is 11.8 Å². The number of hydrogen-bond donors (Lipinski definition) is 2. The molecule has 40 heavy (non-hydrogen) atoms. The van der Waals surface area contributed by atoms with E-state index >= 15 is 0 Å². The van der Waals surface area contributed by atoms with Crippen LogP contribution in [0.15, 0.2) is 80.7 Å². The number of carbonyl (C=O) groups excluding carboxylic acids is 1. The largest absolute Gasteiger partial charge is 0.573 e. The van der Waals surface area contributed by atoms with Gasteiger partial charge in [-0.2, -0.15) is 10.1 Å². The number of rotatable bonds is 7. The smallest absolute Gasteiger partial charge is 0.508 e. The molecule has 0 unspecified atom stereocenters. The van der Waals surface area contributed by atoms with Crippen molar-refractivity contribution in [3.63, 3.8) is 0 Å². The van der Waals surface area contributed by atoms with Crippen LogP contribution in [0.5, 0.6) is 11.5 Å². The number of aryl methyl sites for hydroxylation is 2. The Morgan fingerprint density at radius 3 is 2.35 bits per heavy atom. The standard InChI is InChI=1S/C27H23F3N6O3S/c1-16-11-21(37)12-17(2)24(16)35-26-36(23(38)14-40-26)34-13-18-3-5-19(6-4-18)25(31)33-15-32-20-7-9-22(10-8-20)39-27(28,29)30/h3-13,15,37H,14H2,1-2H3,(H2,31,32,33)/b34-13+,35-26?. The second kappa shape index (κ2) is 12.0. The number of benzene rings is 3. The quantitative estimate of drug-likeness (QED) is 0.285. The highest BCUT2D eigenvalue weighted by atomic mass is 32.2. The van der Waals surface area contributed by atoms with Gasteiger partial charge < -0.3 is 15.6 Å². The number of alkyl halides is 3. The second-order valence-corrected chi connectivity index (χ2v) is 9.43. The number of phenolic OH excluding ortho intramolecular Hbond substituents is 1. The molecule has 1 amide bonds. The summed E-state index contributed by atoms with van der Waals surface area (Å²) >= 11 is 1.28. The number of phenols is 1. The number of hydrogen-bond acceptors (Lipinski definition) is 7. The van der Waals surface area contributed by atoms with Crippen LogP contribution in [0.25, 0.3) is 0 Å². The molecule has 0 saturated carbocycles. The van der Waals surface area contributed by atoms with E-state index in [0.29, 0.717) is 27.7 Å². The fraction of sp³-hybridized carbons (Fsp3) is 0.148. The monoisotopic (exact) mass is 568 g/mol. The Kier molecular flexibility index (Phi) is 8.53. The number of amides is 1. The lowest BCUT2D eigenvalue weighted by Gasteiger charge is -2.11. The van der Waals surface area contributed by atoms with Gasteiger partial charge in [-0.1, -0.05) is 36.0 Å². The minimum absolute atomic E-state index is 0.151. The molecular formula is C27H23F3N6O3S. The molecule has 1 fully saturated rings. The Balaban J connectivity index is 1.41. The van der Waals surface area contributed by atoms with E-state index in [1.807, 2.05) is 13.8 Å². The summed E-state index contributed by atoms with van der Waals surface area (Å²) in [6.45, 7) is 3.66. The zero-order chi connectivity index (χ0) is 28.9. The number of nitrogens with zero attached hydrogens (tertiary/aromatic N) is 5. The maximum absolute atomic E-state index is 12.4. The molecule has 0 atom stereocenters. The van der Waals surface area contributed by atoms with Crippen molar-refractivity contribution in [2.75, 3.05) is 5.75 Å². The van der Waals surface area contributed by atoms with Gasteiger partial charge in [0.25, 0.3) is 5.91 Å². The van der Waals surface area contributed by atoms with Crippen LogP contribution in [0.1, 0.15) is 22.3 Å². The van der Waals surface area contributed by atoms with Crippen LogP contribution in [0.3, 0.4) is 0 Å². The van der Waals surface area contributed by atoms with Gasteiger partial charge in [-0.3, -0.25) is 4.79 Å². The highest BCUT2D eigenvalue weighted by Gasteiger charge is 2.31. The summed E-state index contributed by atoms with van der Waals surface area (Å²) in [4.78, 5) is 25.1. The summed E-state index contributed by atoms with van der Waals surface area (Å²) in [6, 6.07) is 15.1. The number of amidine groups is 2. The minimum atomic E-state index is -4.76. The molecule has 0 spiro atoms. The predicted octanol–water partition coefficient (Wildman–Crippen LogP) is 5.57. The average molecular weight is 569 g/mol. The third-order valence-corrected chi connectivity index (χ3v) is 6.34. The molecule has 0 aliphatic carbocycles. The lowest BCUT2D eigenvalue weighted by molar-refractivity contribution is -0.274. The number of ether oxygens (including phenoxy) is 1. The number of aromatic hydroxyl groups is 1. The third kappa shape index (κ3) is 7.47. The van der Waals surface area contributed by atoms with E-state index in [0.717, 1.165) is 23.3 Å². The van der Waals surface area contributed by atoms with Gasteiger partial charge in [-0.05, 0) is 66.9 Å². The van der Waals surface area contributed by atoms with E-state index < -0.39 is 6.36 Å². The molecule has 13 heteroatoms. The van der Waals surface area contributed by atoms with Crippen molar-refractivity contribution in [3.8, 4) is 11.5 Å². The first-order valence-corrected chi connectivity index (χ1v) is 12.7. The molecule has 0 aromatic heterocycles. The van der Waals surface area contributed by atoms with Crippen molar-refractivity contribution < 1.29 is 27.8 Å². The predicted molar refractivity (Wildman–Crippen MR) is 150 cm³/mol. The Labute approximate surface area is 231 Å². The van der Waals surface area contributed by atoms with Crippen molar-refractivity contribution in [1.82, 2.24) is 5.01 Å². The van der Waals surface area contributed by atoms with Gasteiger partial charge in [0.2, 0.25) is 0 Å². The molecule has 1 heterocycles. The highest BCUT2D eigenvalue weighted by Crippen LogP contribution is 2.31. The second-order valence-electron chi connectivity index (χ2n) is 8.48. The van der Waals surface area contributed by atoms with Crippen LogP contribution < -0.4 is 10.5 Å². The highest BCUT2D eigenvalue weighted by molar-refractivity contribution is 8.15. The number of carbonyl (C=O) groups is 1. The van der Waals surface area contributed by atoms with E-state index in [2.05, 4.69) is 24.8 Å². The lowest BCUT2D eigenvalue weighted by atomic mass is 10.1. The van der Waals surface area contributed by atoms with E-state index in [9.17, 15) is 23.1 Å². The van der Waals surface area contributed by atoms with Crippen molar-refractivity contribution >= 4 is 52.6 Å². The molecule has 3 N–H and O–H groups in total. The number of hydrazone groups is 1. The normalized spacial score (nSPS) is 15.6. The van der Waals surface area contributed by atoms with E-state index in [1.165, 1.54) is 41.5 Å². The van der Waals surface area contributed by atoms with E-state index in [4.69, 9.17) is 5.73 Å². The molecule has 4 rings (SSSR count). The zero-order valence-electron chi connectivity index (χ0n) is 21.3. The van der Waals surface area contributed by atoms with Gasteiger partial charge in [0.15, 0.2) is 5.17 Å². The molecule has 3 aromatic carbocycles. The first-order chi connectivity index (χ1) is 19.0. The molecule has 206 valence electrons. The summed E-state index contributed by atoms with van der Waals surface area (Å²) in [5, 5.41) is 15.8. The first kappa shape index (κ1) is 28.4. The maximum atomic E-state index is 12.4. The van der Waals surface area contributed by atoms with Crippen LogP contribution in [0, 0.1) is 13.8 Å². The summed E-state index contributed by atoms with van der Waals surface area (Å²) in [5.41, 5.74) is 9.91. The summed E-state index contributed by atoms with van der Waals surface area (Å²) in [5.74, 6) is -0.0189. The zero-order valence-corrected chi connectivity index (χ0v) is 22.1. The molecule has 3 aromatic rings. The SMILES string of the molecule is Cc1cc(O)cc(C)c1N=C1SCC(=O)N1/N=C/c1ccc(C(N)=NC=Nc2ccc(OC(F)(F)F)cc2)cc1. The van der Waals surface area contributed by atoms with Gasteiger partial charge >= 0.3 is 6.36 Å². The van der Waals surface area contributed by atoms with Gasteiger partial charge in [0.05, 0.1) is 23.3 Å². The van der Waals surface area contributed by atoms with Crippen molar-refractivity contribution in [1.29, 1.82) is 0 Å². The van der Waals surface area contributed by atoms with Gasteiger partial charge in [-0.15, -0.1) is 13.2 Å². The van der Waals surface area contributed by atoms with Gasteiger partial charge in [-0.25, -0.2) is 15.0 Å². The van der Waals surface area contributed by atoms with Gasteiger partial charge in [0, 0.05) is 5.56 Å². The summed E-state index contributed by atoms with van der Waals surface area (Å²) in [6.07, 6.45) is -2.04. The van der Waals surface area contributed by atoms with Crippen molar-refractivity contribution in [3.05, 3.63) is 82.9 Å². The minimum Gasteiger partial charge on any atom is -0.508 e. The third-order valence-electron chi connectivity index (χ3n) is 5.43. The Hall–Kier alpha value is -4.65. The molecule has 9 nitrogen and oxygen atoms in total. The number of nitrogens with two attached hydrogens (primary N) is 1. The molecule has 1 saturated heterocycles. The number of thioether (sulfide) groups is 1. The lowest BCUT2D eigenvalue weighted by Crippen LogP contribution is -2.23. The maximum Gasteiger partial charge on any atom is 0.573 e. The average Bonchev–Trinajstić information content (AvgIpc) is 3.24. The van der Waals surface area contributed by atoms with Gasteiger partial charge in [0.1, 0.15) is 23.7 Å². The summed E-state index contributed by atoms with van der Waals surface area (Å²) < 4.78 is 40.6.